The summed E-state index contributed by atoms with van der Waals surface area (Å²) in [5, 5.41) is 3.14. The van der Waals surface area contributed by atoms with E-state index in [1.165, 1.54) is 16.7 Å². The van der Waals surface area contributed by atoms with E-state index in [4.69, 9.17) is 4.74 Å². The third kappa shape index (κ3) is 2.99. The first-order valence-electron chi connectivity index (χ1n) is 6.88. The van der Waals surface area contributed by atoms with Crippen LogP contribution in [0.1, 0.15) is 27.9 Å². The van der Waals surface area contributed by atoms with Crippen LogP contribution in [0.3, 0.4) is 0 Å². The zero-order chi connectivity index (χ0) is 14.7. The summed E-state index contributed by atoms with van der Waals surface area (Å²) in [7, 11) is 1.93. The van der Waals surface area contributed by atoms with Crippen LogP contribution in [-0.2, 0) is 6.54 Å². The summed E-state index contributed by atoms with van der Waals surface area (Å²) in [6.45, 7) is 9.07. The molecule has 0 aliphatic heterocycles. The van der Waals surface area contributed by atoms with Crippen molar-refractivity contribution in [3.63, 3.8) is 0 Å². The second-order valence-electron chi connectivity index (χ2n) is 5.18. The van der Waals surface area contributed by atoms with Crippen LogP contribution in [0, 0.1) is 27.7 Å². The molecule has 1 aromatic heterocycles. The highest BCUT2D eigenvalue weighted by atomic mass is 16.5. The Kier molecular flexibility index (Phi) is 4.40. The van der Waals surface area contributed by atoms with Gasteiger partial charge in [0.05, 0.1) is 0 Å². The molecule has 0 unspecified atom stereocenters. The van der Waals surface area contributed by atoms with Crippen molar-refractivity contribution in [2.45, 2.75) is 34.2 Å². The Morgan fingerprint density at radius 3 is 2.35 bits per heavy atom. The third-order valence-corrected chi connectivity index (χ3v) is 3.62. The van der Waals surface area contributed by atoms with Crippen molar-refractivity contribution in [1.29, 1.82) is 0 Å². The maximum atomic E-state index is 6.00. The van der Waals surface area contributed by atoms with E-state index < -0.39 is 0 Å². The molecule has 106 valence electrons. The highest BCUT2D eigenvalue weighted by Gasteiger charge is 2.09. The van der Waals surface area contributed by atoms with Crippen molar-refractivity contribution in [2.24, 2.45) is 0 Å². The summed E-state index contributed by atoms with van der Waals surface area (Å²) in [4.78, 5) is 4.54. The highest BCUT2D eigenvalue weighted by Crippen LogP contribution is 2.30. The summed E-state index contributed by atoms with van der Waals surface area (Å²) < 4.78 is 6.00. The van der Waals surface area contributed by atoms with E-state index in [9.17, 15) is 0 Å². The van der Waals surface area contributed by atoms with Crippen LogP contribution in [0.5, 0.6) is 11.6 Å². The fourth-order valence-corrected chi connectivity index (χ4v) is 2.19. The molecule has 1 aromatic carbocycles. The van der Waals surface area contributed by atoms with Gasteiger partial charge < -0.3 is 10.1 Å². The summed E-state index contributed by atoms with van der Waals surface area (Å²) >= 11 is 0. The van der Waals surface area contributed by atoms with Gasteiger partial charge >= 0.3 is 0 Å². The number of rotatable bonds is 4. The number of benzene rings is 1. The van der Waals surface area contributed by atoms with Gasteiger partial charge in [0.2, 0.25) is 5.88 Å². The van der Waals surface area contributed by atoms with Crippen molar-refractivity contribution < 1.29 is 4.74 Å². The summed E-state index contributed by atoms with van der Waals surface area (Å²) in [5.41, 5.74) is 5.72. The zero-order valence-electron chi connectivity index (χ0n) is 12.9. The molecule has 1 heterocycles. The second-order valence-corrected chi connectivity index (χ2v) is 5.18. The molecule has 0 aliphatic carbocycles. The molecule has 0 amide bonds. The number of hydrogen-bond acceptors (Lipinski definition) is 3. The molecule has 3 nitrogen and oxygen atoms in total. The first kappa shape index (κ1) is 14.5. The van der Waals surface area contributed by atoms with E-state index in [0.717, 1.165) is 23.6 Å². The number of aryl methyl sites for hydroxylation is 3. The predicted molar refractivity (Wildman–Crippen MR) is 82.5 cm³/mol. The Labute approximate surface area is 121 Å². The first-order chi connectivity index (χ1) is 9.52. The normalized spacial score (nSPS) is 10.7. The molecule has 3 heteroatoms. The number of aromatic nitrogens is 1. The number of pyridine rings is 1. The van der Waals surface area contributed by atoms with Gasteiger partial charge in [0.1, 0.15) is 5.75 Å². The summed E-state index contributed by atoms with van der Waals surface area (Å²) in [6.07, 6.45) is 0. The maximum Gasteiger partial charge on any atom is 0.219 e. The lowest BCUT2D eigenvalue weighted by atomic mass is 10.1. The van der Waals surface area contributed by atoms with Crippen LogP contribution in [0.15, 0.2) is 24.3 Å². The van der Waals surface area contributed by atoms with Crippen LogP contribution < -0.4 is 10.1 Å². The first-order valence-corrected chi connectivity index (χ1v) is 6.88. The van der Waals surface area contributed by atoms with Crippen LogP contribution >= 0.6 is 0 Å². The van der Waals surface area contributed by atoms with Crippen molar-refractivity contribution in [1.82, 2.24) is 10.3 Å². The number of ether oxygens (including phenoxy) is 1. The monoisotopic (exact) mass is 270 g/mol. The SMILES string of the molecule is CNCc1ccc(Oc2c(C)ccc(C)c2C)nc1C. The standard InChI is InChI=1S/C17H22N2O/c1-11-6-7-12(2)17(13(11)3)20-16-9-8-15(10-18-5)14(4)19-16/h6-9,18H,10H2,1-5H3. The highest BCUT2D eigenvalue weighted by molar-refractivity contribution is 5.46. The van der Waals surface area contributed by atoms with Gasteiger partial charge in [0, 0.05) is 18.3 Å². The Hall–Kier alpha value is -1.87. The van der Waals surface area contributed by atoms with Crippen LogP contribution in [0.2, 0.25) is 0 Å². The Morgan fingerprint density at radius 1 is 1.00 bits per heavy atom. The molecule has 0 fully saturated rings. The number of hydrogen-bond donors (Lipinski definition) is 1. The minimum atomic E-state index is 0.652. The second kappa shape index (κ2) is 6.06. The van der Waals surface area contributed by atoms with Crippen molar-refractivity contribution in [2.75, 3.05) is 7.05 Å². The lowest BCUT2D eigenvalue weighted by Gasteiger charge is -2.14. The predicted octanol–water partition coefficient (Wildman–Crippen LogP) is 3.83. The fourth-order valence-electron chi connectivity index (χ4n) is 2.19. The quantitative estimate of drug-likeness (QED) is 0.917. The molecule has 0 spiro atoms. The van der Waals surface area contributed by atoms with Gasteiger partial charge in [-0.05, 0) is 57.0 Å². The van der Waals surface area contributed by atoms with Crippen molar-refractivity contribution in [3.8, 4) is 11.6 Å². The molecule has 0 saturated carbocycles. The largest absolute Gasteiger partial charge is 0.438 e. The van der Waals surface area contributed by atoms with E-state index >= 15 is 0 Å². The Bertz CT molecular complexity index is 621. The molecule has 0 bridgehead atoms. The van der Waals surface area contributed by atoms with Crippen LogP contribution in [0.25, 0.3) is 0 Å². The van der Waals surface area contributed by atoms with Gasteiger partial charge in [0.15, 0.2) is 0 Å². The summed E-state index contributed by atoms with van der Waals surface area (Å²) in [5.74, 6) is 1.57. The molecule has 2 aromatic rings. The molecule has 0 aliphatic rings. The number of nitrogens with one attached hydrogen (secondary N) is 1. The number of nitrogens with zero attached hydrogens (tertiary/aromatic N) is 1. The van der Waals surface area contributed by atoms with Crippen molar-refractivity contribution in [3.05, 3.63) is 52.2 Å². The van der Waals surface area contributed by atoms with Gasteiger partial charge in [0.25, 0.3) is 0 Å². The van der Waals surface area contributed by atoms with Crippen LogP contribution in [0.4, 0.5) is 0 Å². The van der Waals surface area contributed by atoms with Gasteiger partial charge in [-0.1, -0.05) is 18.2 Å². The molecule has 0 radical (unpaired) electrons. The van der Waals surface area contributed by atoms with Crippen LogP contribution in [-0.4, -0.2) is 12.0 Å². The summed E-state index contributed by atoms with van der Waals surface area (Å²) in [6, 6.07) is 8.20. The minimum absolute atomic E-state index is 0.652. The average Bonchev–Trinajstić information content (AvgIpc) is 2.42. The topological polar surface area (TPSA) is 34.1 Å². The fraction of sp³-hybridized carbons (Fsp3) is 0.353. The average molecular weight is 270 g/mol. The van der Waals surface area contributed by atoms with Gasteiger partial charge in [-0.25, -0.2) is 4.98 Å². The lowest BCUT2D eigenvalue weighted by Crippen LogP contribution is -2.07. The van der Waals surface area contributed by atoms with Gasteiger partial charge in [-0.15, -0.1) is 0 Å². The molecule has 0 atom stereocenters. The molecule has 0 saturated heterocycles. The van der Waals surface area contributed by atoms with E-state index in [2.05, 4.69) is 49.3 Å². The molecule has 20 heavy (non-hydrogen) atoms. The smallest absolute Gasteiger partial charge is 0.219 e. The van der Waals surface area contributed by atoms with Gasteiger partial charge in [-0.2, -0.15) is 0 Å². The van der Waals surface area contributed by atoms with Gasteiger partial charge in [-0.3, -0.25) is 0 Å². The van der Waals surface area contributed by atoms with E-state index in [-0.39, 0.29) is 0 Å². The zero-order valence-corrected chi connectivity index (χ0v) is 12.9. The maximum absolute atomic E-state index is 6.00. The lowest BCUT2D eigenvalue weighted by molar-refractivity contribution is 0.453. The molecule has 2 rings (SSSR count). The molecular weight excluding hydrogens is 248 g/mol. The third-order valence-electron chi connectivity index (χ3n) is 3.62. The van der Waals surface area contributed by atoms with E-state index in [1.54, 1.807) is 0 Å². The van der Waals surface area contributed by atoms with E-state index in [1.807, 2.05) is 20.0 Å². The molecular formula is C17H22N2O. The van der Waals surface area contributed by atoms with Crippen molar-refractivity contribution >= 4 is 0 Å². The molecule has 1 N–H and O–H groups in total. The Balaban J connectivity index is 2.31. The minimum Gasteiger partial charge on any atom is -0.438 e. The van der Waals surface area contributed by atoms with E-state index in [0.29, 0.717) is 5.88 Å². The Morgan fingerprint density at radius 2 is 1.70 bits per heavy atom.